The van der Waals surface area contributed by atoms with E-state index in [2.05, 4.69) is 19.9 Å². The molecule has 0 saturated carbocycles. The lowest BCUT2D eigenvalue weighted by atomic mass is 9.81. The summed E-state index contributed by atoms with van der Waals surface area (Å²) in [6.07, 6.45) is 6.78. The van der Waals surface area contributed by atoms with E-state index in [0.717, 1.165) is 34.4 Å². The molecule has 5 heterocycles. The van der Waals surface area contributed by atoms with E-state index in [1.54, 1.807) is 32.4 Å². The molecule has 4 aliphatic rings. The average molecular weight is 831 g/mol. The lowest BCUT2D eigenvalue weighted by Gasteiger charge is -2.37. The highest BCUT2D eigenvalue weighted by molar-refractivity contribution is 6.06. The van der Waals surface area contributed by atoms with E-state index in [0.29, 0.717) is 75.5 Å². The third-order valence-electron chi connectivity index (χ3n) is 11.5. The van der Waals surface area contributed by atoms with Gasteiger partial charge in [-0.2, -0.15) is 0 Å². The fourth-order valence-corrected chi connectivity index (χ4v) is 8.36. The van der Waals surface area contributed by atoms with Crippen molar-refractivity contribution in [2.75, 3.05) is 27.9 Å². The van der Waals surface area contributed by atoms with Crippen LogP contribution < -0.4 is 38.8 Å². The second-order valence-electron chi connectivity index (χ2n) is 16.7. The highest BCUT2D eigenvalue weighted by Crippen LogP contribution is 2.51. The zero-order chi connectivity index (χ0) is 43.5. The predicted octanol–water partition coefficient (Wildman–Crippen LogP) is 9.36. The molecule has 4 aromatic carbocycles. The van der Waals surface area contributed by atoms with Crippen LogP contribution in [0.4, 0.5) is 0 Å². The standard InChI is InChI=1S/C26H26O6.C23H24O6/c1-14(2)6-11-17-22-18(12-13-26(3,4)32-22)24-20(23(17)30-5)21(28)19(25(29)31-24)15-7-9-16(27)10-8-15;1-11(2)16-8-14-15(28-16)6-5-12-22(24)21-13-7-18(25-3)19(26-4)9-17(13)27-10-20(21)29-23(12)14/h6-10,12-13,27-28H,11H2,1-5H3;5-7,9,11,16,20-21H,8,10H2,1-4H3. The molecule has 0 fully saturated rings. The molecule has 12 heteroatoms. The van der Waals surface area contributed by atoms with Crippen molar-refractivity contribution in [3.63, 3.8) is 0 Å². The second kappa shape index (κ2) is 15.8. The number of hydrogen-bond donors (Lipinski definition) is 2. The number of phenols is 1. The zero-order valence-electron chi connectivity index (χ0n) is 35.8. The number of methoxy groups -OCH3 is 3. The monoisotopic (exact) mass is 830 g/mol. The Morgan fingerprint density at radius 3 is 2.31 bits per heavy atom. The van der Waals surface area contributed by atoms with Gasteiger partial charge in [-0.25, -0.2) is 4.79 Å². The Morgan fingerprint density at radius 1 is 0.918 bits per heavy atom. The molecule has 0 bridgehead atoms. The number of allylic oxidation sites excluding steroid dienone is 2. The van der Waals surface area contributed by atoms with Gasteiger partial charge in [-0.15, -0.1) is 0 Å². The number of rotatable bonds is 7. The zero-order valence-corrected chi connectivity index (χ0v) is 35.8. The first-order valence-electron chi connectivity index (χ1n) is 20.3. The van der Waals surface area contributed by atoms with Crippen LogP contribution in [0.25, 0.3) is 28.2 Å². The van der Waals surface area contributed by atoms with Gasteiger partial charge < -0.3 is 47.8 Å². The average Bonchev–Trinajstić information content (AvgIpc) is 3.68. The van der Waals surface area contributed by atoms with Crippen LogP contribution in [-0.4, -0.2) is 61.7 Å². The molecule has 3 atom stereocenters. The predicted molar refractivity (Wildman–Crippen MR) is 231 cm³/mol. The van der Waals surface area contributed by atoms with Crippen LogP contribution in [0, 0.1) is 5.92 Å². The summed E-state index contributed by atoms with van der Waals surface area (Å²) in [7, 11) is 4.67. The fraction of sp³-hybridized carbons (Fsp3) is 0.347. The molecule has 9 rings (SSSR count). The van der Waals surface area contributed by atoms with Crippen molar-refractivity contribution >= 4 is 22.8 Å². The molecule has 3 unspecified atom stereocenters. The molecule has 5 aromatic rings. The Balaban J connectivity index is 0.000000169. The van der Waals surface area contributed by atoms with E-state index in [9.17, 15) is 19.8 Å². The Morgan fingerprint density at radius 2 is 1.64 bits per heavy atom. The summed E-state index contributed by atoms with van der Waals surface area (Å²) in [5, 5.41) is 21.2. The van der Waals surface area contributed by atoms with E-state index in [4.69, 9.17) is 37.6 Å². The molecular formula is C49H50O12. The van der Waals surface area contributed by atoms with Crippen molar-refractivity contribution in [1.29, 1.82) is 0 Å². The van der Waals surface area contributed by atoms with Gasteiger partial charge in [0.25, 0.3) is 0 Å². The van der Waals surface area contributed by atoms with Crippen LogP contribution >= 0.6 is 0 Å². The number of phenolic OH excluding ortho intramolecular Hbond substituents is 1. The van der Waals surface area contributed by atoms with Gasteiger partial charge in [0.1, 0.15) is 75.6 Å². The van der Waals surface area contributed by atoms with Crippen molar-refractivity contribution in [3.05, 3.63) is 104 Å². The largest absolute Gasteiger partial charge is 0.508 e. The molecule has 0 amide bonds. The summed E-state index contributed by atoms with van der Waals surface area (Å²) in [4.78, 5) is 26.5. The molecule has 318 valence electrons. The lowest BCUT2D eigenvalue weighted by molar-refractivity contribution is 0.0554. The minimum absolute atomic E-state index is 0.00458. The number of ketones is 1. The van der Waals surface area contributed by atoms with E-state index >= 15 is 0 Å². The van der Waals surface area contributed by atoms with Crippen LogP contribution in [0.1, 0.15) is 80.1 Å². The minimum Gasteiger partial charge on any atom is -0.508 e. The number of hydrogen-bond acceptors (Lipinski definition) is 12. The molecule has 61 heavy (non-hydrogen) atoms. The first-order valence-corrected chi connectivity index (χ1v) is 20.3. The molecule has 0 saturated heterocycles. The van der Waals surface area contributed by atoms with Crippen molar-refractivity contribution in [3.8, 4) is 62.9 Å². The maximum Gasteiger partial charge on any atom is 0.348 e. The van der Waals surface area contributed by atoms with E-state index in [1.807, 2.05) is 58.0 Å². The molecule has 0 spiro atoms. The van der Waals surface area contributed by atoms with Gasteiger partial charge >= 0.3 is 5.63 Å². The number of Topliss-reactive ketones (excluding diaryl/α,β-unsaturated/α-hetero) is 1. The maximum atomic E-state index is 13.5. The van der Waals surface area contributed by atoms with Crippen LogP contribution in [0.5, 0.6) is 51.7 Å². The summed E-state index contributed by atoms with van der Waals surface area (Å²) >= 11 is 0. The van der Waals surface area contributed by atoms with Crippen molar-refractivity contribution < 1.29 is 52.6 Å². The van der Waals surface area contributed by atoms with Gasteiger partial charge in [0.2, 0.25) is 0 Å². The molecule has 0 aliphatic carbocycles. The van der Waals surface area contributed by atoms with E-state index in [1.165, 1.54) is 19.2 Å². The Bertz CT molecular complexity index is 2680. The highest BCUT2D eigenvalue weighted by Gasteiger charge is 2.46. The maximum absolute atomic E-state index is 13.5. The molecule has 1 aromatic heterocycles. The first-order chi connectivity index (χ1) is 29.1. The topological polar surface area (TPSA) is 152 Å². The van der Waals surface area contributed by atoms with Gasteiger partial charge in [-0.1, -0.05) is 37.6 Å². The molecule has 12 nitrogen and oxygen atoms in total. The van der Waals surface area contributed by atoms with Gasteiger partial charge in [0, 0.05) is 29.2 Å². The van der Waals surface area contributed by atoms with Crippen LogP contribution in [-0.2, 0) is 12.8 Å². The molecule has 4 aliphatic heterocycles. The van der Waals surface area contributed by atoms with Gasteiger partial charge in [0.05, 0.1) is 38.4 Å². The number of carbonyl (C=O) groups is 1. The Hall–Kier alpha value is -6.56. The number of carbonyl (C=O) groups excluding carboxylic acids is 1. The van der Waals surface area contributed by atoms with E-state index < -0.39 is 17.1 Å². The molecule has 2 N–H and O–H groups in total. The van der Waals surface area contributed by atoms with Gasteiger partial charge in [-0.05, 0) is 88.1 Å². The minimum atomic E-state index is -0.694. The van der Waals surface area contributed by atoms with Crippen LogP contribution in [0.3, 0.4) is 0 Å². The summed E-state index contributed by atoms with van der Waals surface area (Å²) < 4.78 is 46.9. The van der Waals surface area contributed by atoms with Gasteiger partial charge in [-0.3, -0.25) is 4.79 Å². The van der Waals surface area contributed by atoms with Gasteiger partial charge in [0.15, 0.2) is 22.9 Å². The lowest BCUT2D eigenvalue weighted by Crippen LogP contribution is -2.43. The van der Waals surface area contributed by atoms with E-state index in [-0.39, 0.29) is 40.6 Å². The van der Waals surface area contributed by atoms with Crippen molar-refractivity contribution in [1.82, 2.24) is 0 Å². The fourth-order valence-electron chi connectivity index (χ4n) is 8.36. The van der Waals surface area contributed by atoms with Crippen molar-refractivity contribution in [2.45, 2.75) is 78.1 Å². The van der Waals surface area contributed by atoms with Crippen molar-refractivity contribution in [2.24, 2.45) is 5.92 Å². The summed E-state index contributed by atoms with van der Waals surface area (Å²) in [5.74, 6) is 4.02. The van der Waals surface area contributed by atoms with Crippen LogP contribution in [0.15, 0.2) is 75.5 Å². The quantitative estimate of drug-likeness (QED) is 0.119. The third kappa shape index (κ3) is 7.27. The number of fused-ring (bicyclic) bond motifs is 9. The Kier molecular flexibility index (Phi) is 10.7. The molecular weight excluding hydrogens is 781 g/mol. The third-order valence-corrected chi connectivity index (χ3v) is 11.5. The Labute approximate surface area is 353 Å². The van der Waals surface area contributed by atoms with Crippen LogP contribution in [0.2, 0.25) is 0 Å². The molecule has 0 radical (unpaired) electrons. The first kappa shape index (κ1) is 41.2. The summed E-state index contributed by atoms with van der Waals surface area (Å²) in [5.41, 5.74) is 4.23. The SMILES string of the molecule is COc1c(CC=C(C)C)c2c(c3oc(=O)c(-c4ccc(O)cc4)c(O)c13)C=CC(C)(C)O2.COc1cc2c(cc1OC)C1C(=O)c3ccc4c(c3OC1CO2)CC(C(C)C)O4. The number of ether oxygens (including phenoxy) is 7. The number of aromatic hydroxyl groups is 2. The summed E-state index contributed by atoms with van der Waals surface area (Å²) in [6, 6.07) is 13.3. The normalized spacial score (nSPS) is 18.7. The smallest absolute Gasteiger partial charge is 0.348 e. The summed E-state index contributed by atoms with van der Waals surface area (Å²) in [6.45, 7) is 12.5. The second-order valence-corrected chi connectivity index (χ2v) is 16.7. The number of benzene rings is 4. The highest BCUT2D eigenvalue weighted by atomic mass is 16.5.